The largest absolute Gasteiger partial charge is 0.393 e. The fraction of sp³-hybridized carbons (Fsp3) is 0.538. The van der Waals surface area contributed by atoms with Gasteiger partial charge in [-0.05, 0) is 30.0 Å². The number of hydrogen-bond donors (Lipinski definition) is 1. The first-order chi connectivity index (χ1) is 7.54. The summed E-state index contributed by atoms with van der Waals surface area (Å²) in [5.74, 6) is 0.524. The predicted octanol–water partition coefficient (Wildman–Crippen LogP) is 4.33. The molecule has 3 heteroatoms. The lowest BCUT2D eigenvalue weighted by molar-refractivity contribution is 0.145. The molecule has 1 aromatic rings. The molecule has 1 rings (SSSR count). The summed E-state index contributed by atoms with van der Waals surface area (Å²) < 4.78 is 0. The summed E-state index contributed by atoms with van der Waals surface area (Å²) in [5.41, 5.74) is 0.849. The smallest absolute Gasteiger partial charge is 0.0584 e. The van der Waals surface area contributed by atoms with E-state index in [-0.39, 0.29) is 6.10 Å². The molecule has 16 heavy (non-hydrogen) atoms. The number of aliphatic hydroxyl groups is 1. The Morgan fingerprint density at radius 2 is 1.81 bits per heavy atom. The fourth-order valence-corrected chi connectivity index (χ4v) is 2.23. The van der Waals surface area contributed by atoms with Gasteiger partial charge in [0.15, 0.2) is 0 Å². The Balaban J connectivity index is 2.66. The van der Waals surface area contributed by atoms with Gasteiger partial charge in [-0.1, -0.05) is 49.5 Å². The molecule has 1 N–H and O–H groups in total. The van der Waals surface area contributed by atoms with Crippen LogP contribution in [0.5, 0.6) is 0 Å². The van der Waals surface area contributed by atoms with Crippen molar-refractivity contribution in [2.24, 2.45) is 5.92 Å². The van der Waals surface area contributed by atoms with Gasteiger partial charge in [-0.25, -0.2) is 0 Å². The molecule has 1 nitrogen and oxygen atoms in total. The van der Waals surface area contributed by atoms with Crippen LogP contribution in [0, 0.1) is 5.92 Å². The zero-order chi connectivity index (χ0) is 12.1. The summed E-state index contributed by atoms with van der Waals surface area (Å²) in [7, 11) is 0. The number of rotatable bonds is 5. The average Bonchev–Trinajstić information content (AvgIpc) is 2.23. The normalized spacial score (nSPS) is 14.8. The Kier molecular flexibility index (Phi) is 5.60. The van der Waals surface area contributed by atoms with Gasteiger partial charge in [-0.15, -0.1) is 0 Å². The molecule has 0 spiro atoms. The quantitative estimate of drug-likeness (QED) is 0.836. The van der Waals surface area contributed by atoms with Gasteiger partial charge in [0, 0.05) is 16.5 Å². The Bertz CT molecular complexity index is 318. The van der Waals surface area contributed by atoms with Crippen LogP contribution in [0.1, 0.15) is 32.3 Å². The maximum Gasteiger partial charge on any atom is 0.0584 e. The predicted molar refractivity (Wildman–Crippen MR) is 70.2 cm³/mol. The lowest BCUT2D eigenvalue weighted by Gasteiger charge is -2.16. The zero-order valence-electron chi connectivity index (χ0n) is 9.71. The van der Waals surface area contributed by atoms with Gasteiger partial charge >= 0.3 is 0 Å². The lowest BCUT2D eigenvalue weighted by Crippen LogP contribution is -2.14. The van der Waals surface area contributed by atoms with Crippen LogP contribution in [0.25, 0.3) is 0 Å². The molecule has 0 aromatic heterocycles. The molecule has 2 unspecified atom stereocenters. The second-order valence-corrected chi connectivity index (χ2v) is 5.12. The monoisotopic (exact) mass is 260 g/mol. The minimum Gasteiger partial charge on any atom is -0.393 e. The van der Waals surface area contributed by atoms with Crippen molar-refractivity contribution in [2.75, 3.05) is 0 Å². The van der Waals surface area contributed by atoms with E-state index in [0.29, 0.717) is 22.4 Å². The third kappa shape index (κ3) is 3.97. The highest BCUT2D eigenvalue weighted by Gasteiger charge is 2.13. The first-order valence-electron chi connectivity index (χ1n) is 5.65. The highest BCUT2D eigenvalue weighted by molar-refractivity contribution is 6.35. The van der Waals surface area contributed by atoms with Crippen molar-refractivity contribution in [1.82, 2.24) is 0 Å². The van der Waals surface area contributed by atoms with E-state index in [1.165, 1.54) is 0 Å². The molecule has 0 aliphatic carbocycles. The first kappa shape index (κ1) is 13.8. The van der Waals surface area contributed by atoms with Crippen LogP contribution in [-0.4, -0.2) is 11.2 Å². The number of hydrogen-bond acceptors (Lipinski definition) is 1. The second-order valence-electron chi connectivity index (χ2n) is 4.31. The van der Waals surface area contributed by atoms with E-state index >= 15 is 0 Å². The van der Waals surface area contributed by atoms with Crippen molar-refractivity contribution in [3.05, 3.63) is 33.8 Å². The maximum absolute atomic E-state index is 9.94. The van der Waals surface area contributed by atoms with Crippen molar-refractivity contribution >= 4 is 23.2 Å². The van der Waals surface area contributed by atoms with E-state index in [2.05, 4.69) is 13.8 Å². The van der Waals surface area contributed by atoms with Crippen LogP contribution in [-0.2, 0) is 6.42 Å². The van der Waals surface area contributed by atoms with Crippen molar-refractivity contribution < 1.29 is 5.11 Å². The molecule has 90 valence electrons. The highest BCUT2D eigenvalue weighted by Crippen LogP contribution is 2.26. The van der Waals surface area contributed by atoms with E-state index in [4.69, 9.17) is 23.2 Å². The Hall–Kier alpha value is -0.240. The van der Waals surface area contributed by atoms with Crippen LogP contribution >= 0.6 is 23.2 Å². The van der Waals surface area contributed by atoms with Gasteiger partial charge in [0.05, 0.1) is 6.10 Å². The number of aliphatic hydroxyl groups excluding tert-OH is 1. The third-order valence-electron chi connectivity index (χ3n) is 2.87. The molecular weight excluding hydrogens is 243 g/mol. The minimum atomic E-state index is -0.368. The van der Waals surface area contributed by atoms with Gasteiger partial charge in [-0.3, -0.25) is 0 Å². The van der Waals surface area contributed by atoms with Crippen LogP contribution in [0.2, 0.25) is 10.0 Å². The SMILES string of the molecule is CCC(C)CC(O)Cc1c(Cl)cccc1Cl. The Labute approximate surface area is 107 Å². The lowest BCUT2D eigenvalue weighted by atomic mass is 9.97. The molecule has 0 amide bonds. The summed E-state index contributed by atoms with van der Waals surface area (Å²) in [5, 5.41) is 11.2. The first-order valence-corrected chi connectivity index (χ1v) is 6.41. The summed E-state index contributed by atoms with van der Waals surface area (Å²) in [6.45, 7) is 4.26. The molecule has 0 fully saturated rings. The molecule has 0 saturated carbocycles. The third-order valence-corrected chi connectivity index (χ3v) is 3.58. The van der Waals surface area contributed by atoms with Crippen molar-refractivity contribution in [3.8, 4) is 0 Å². The van der Waals surface area contributed by atoms with Gasteiger partial charge in [-0.2, -0.15) is 0 Å². The number of benzene rings is 1. The van der Waals surface area contributed by atoms with Crippen LogP contribution in [0.4, 0.5) is 0 Å². The summed E-state index contributed by atoms with van der Waals surface area (Å²) in [4.78, 5) is 0. The summed E-state index contributed by atoms with van der Waals surface area (Å²) >= 11 is 12.1. The second kappa shape index (κ2) is 6.48. The molecular formula is C13H18Cl2O. The van der Waals surface area contributed by atoms with Crippen molar-refractivity contribution in [2.45, 2.75) is 39.2 Å². The van der Waals surface area contributed by atoms with Gasteiger partial charge < -0.3 is 5.11 Å². The van der Waals surface area contributed by atoms with E-state index in [9.17, 15) is 5.11 Å². The molecule has 1 aromatic carbocycles. The molecule has 0 bridgehead atoms. The summed E-state index contributed by atoms with van der Waals surface area (Å²) in [6, 6.07) is 5.42. The maximum atomic E-state index is 9.94. The van der Waals surface area contributed by atoms with E-state index in [0.717, 1.165) is 18.4 Å². The van der Waals surface area contributed by atoms with E-state index in [1.807, 2.05) is 6.07 Å². The van der Waals surface area contributed by atoms with Crippen molar-refractivity contribution in [1.29, 1.82) is 0 Å². The van der Waals surface area contributed by atoms with Crippen molar-refractivity contribution in [3.63, 3.8) is 0 Å². The standard InChI is InChI=1S/C13H18Cl2O/c1-3-9(2)7-10(16)8-11-12(14)5-4-6-13(11)15/h4-6,9-10,16H,3,7-8H2,1-2H3. The Morgan fingerprint density at radius 3 is 2.31 bits per heavy atom. The van der Waals surface area contributed by atoms with Crippen LogP contribution in [0.15, 0.2) is 18.2 Å². The van der Waals surface area contributed by atoms with Gasteiger partial charge in [0.25, 0.3) is 0 Å². The molecule has 0 heterocycles. The molecule has 0 radical (unpaired) electrons. The fourth-order valence-electron chi connectivity index (χ4n) is 1.68. The minimum absolute atomic E-state index is 0.368. The highest BCUT2D eigenvalue weighted by atomic mass is 35.5. The molecule has 2 atom stereocenters. The average molecular weight is 261 g/mol. The zero-order valence-corrected chi connectivity index (χ0v) is 11.2. The Morgan fingerprint density at radius 1 is 1.25 bits per heavy atom. The van der Waals surface area contributed by atoms with E-state index < -0.39 is 0 Å². The summed E-state index contributed by atoms with van der Waals surface area (Å²) in [6.07, 6.45) is 2.03. The molecule has 0 aliphatic heterocycles. The topological polar surface area (TPSA) is 20.2 Å². The van der Waals surface area contributed by atoms with E-state index in [1.54, 1.807) is 12.1 Å². The molecule has 0 saturated heterocycles. The van der Waals surface area contributed by atoms with Gasteiger partial charge in [0.1, 0.15) is 0 Å². The van der Waals surface area contributed by atoms with Crippen LogP contribution in [0.3, 0.4) is 0 Å². The van der Waals surface area contributed by atoms with Crippen LogP contribution < -0.4 is 0 Å². The molecule has 0 aliphatic rings. The number of halogens is 2. The van der Waals surface area contributed by atoms with Gasteiger partial charge in [0.2, 0.25) is 0 Å².